The van der Waals surface area contributed by atoms with Crippen molar-refractivity contribution in [3.63, 3.8) is 0 Å². The Bertz CT molecular complexity index is 500. The van der Waals surface area contributed by atoms with E-state index in [9.17, 15) is 5.11 Å². The second-order valence-corrected chi connectivity index (χ2v) is 5.10. The standard InChI is InChI=1S/C10H13N4OP/c15-10-6-3-7-13(10)16-14-9-5-2-1-4-8(9)11-12-14/h1-2,4-5,10,15-16H,3,6-7H2. The van der Waals surface area contributed by atoms with Crippen LogP contribution in [-0.2, 0) is 0 Å². The van der Waals surface area contributed by atoms with Gasteiger partial charge in [-0.3, -0.25) is 0 Å². The molecule has 1 saturated heterocycles. The Morgan fingerprint density at radius 2 is 2.25 bits per heavy atom. The molecule has 2 aromatic rings. The first kappa shape index (κ1) is 10.1. The number of benzene rings is 1. The average molecular weight is 236 g/mol. The van der Waals surface area contributed by atoms with Gasteiger partial charge in [0.05, 0.1) is 14.4 Å². The molecule has 1 N–H and O–H groups in total. The number of para-hydroxylation sites is 1. The summed E-state index contributed by atoms with van der Waals surface area (Å²) in [5, 5.41) is 17.9. The highest BCUT2D eigenvalue weighted by Gasteiger charge is 2.23. The second-order valence-electron chi connectivity index (χ2n) is 3.91. The van der Waals surface area contributed by atoms with Crippen LogP contribution in [0, 0.1) is 0 Å². The molecule has 1 aromatic heterocycles. The lowest BCUT2D eigenvalue weighted by atomic mass is 10.3. The van der Waals surface area contributed by atoms with Crippen LogP contribution in [0.2, 0.25) is 0 Å². The Balaban J connectivity index is 1.89. The molecule has 84 valence electrons. The van der Waals surface area contributed by atoms with Crippen LogP contribution in [0.4, 0.5) is 0 Å². The molecule has 2 heterocycles. The van der Waals surface area contributed by atoms with Crippen LogP contribution < -0.4 is 0 Å². The quantitative estimate of drug-likeness (QED) is 0.796. The van der Waals surface area contributed by atoms with E-state index >= 15 is 0 Å². The van der Waals surface area contributed by atoms with Crippen LogP contribution >= 0.6 is 8.88 Å². The Morgan fingerprint density at radius 3 is 3.06 bits per heavy atom. The lowest BCUT2D eigenvalue weighted by molar-refractivity contribution is 0.0991. The molecule has 1 aliphatic heterocycles. The van der Waals surface area contributed by atoms with Gasteiger partial charge in [-0.25, -0.2) is 9.12 Å². The van der Waals surface area contributed by atoms with Crippen LogP contribution in [0.15, 0.2) is 24.3 Å². The Morgan fingerprint density at radius 1 is 1.38 bits per heavy atom. The molecule has 2 unspecified atom stereocenters. The first-order valence-corrected chi connectivity index (χ1v) is 6.26. The first-order valence-electron chi connectivity index (χ1n) is 5.36. The predicted octanol–water partition coefficient (Wildman–Crippen LogP) is 1.20. The fourth-order valence-electron chi connectivity index (χ4n) is 1.93. The number of nitrogens with zero attached hydrogens (tertiary/aromatic N) is 4. The average Bonchev–Trinajstić information content (AvgIpc) is 2.88. The maximum atomic E-state index is 9.73. The van der Waals surface area contributed by atoms with Gasteiger partial charge < -0.3 is 5.11 Å². The fourth-order valence-corrected chi connectivity index (χ4v) is 3.08. The third kappa shape index (κ3) is 1.71. The summed E-state index contributed by atoms with van der Waals surface area (Å²) in [7, 11) is 0.343. The second kappa shape index (κ2) is 4.09. The number of hydrogen-bond donors (Lipinski definition) is 1. The lowest BCUT2D eigenvalue weighted by Crippen LogP contribution is -2.21. The number of fused-ring (bicyclic) bond motifs is 1. The molecule has 1 fully saturated rings. The number of rotatable bonds is 2. The number of hydrogen-bond acceptors (Lipinski definition) is 4. The van der Waals surface area contributed by atoms with E-state index in [0.29, 0.717) is 8.88 Å². The molecule has 1 aromatic carbocycles. The minimum absolute atomic E-state index is 0.318. The van der Waals surface area contributed by atoms with E-state index in [1.165, 1.54) is 0 Å². The Kier molecular flexibility index (Phi) is 2.59. The first-order chi connectivity index (χ1) is 7.84. The normalized spacial score (nSPS) is 22.7. The minimum Gasteiger partial charge on any atom is -0.378 e. The monoisotopic (exact) mass is 236 g/mol. The van der Waals surface area contributed by atoms with Crippen molar-refractivity contribution >= 4 is 19.9 Å². The van der Waals surface area contributed by atoms with Gasteiger partial charge in [0.15, 0.2) is 0 Å². The molecule has 0 bridgehead atoms. The molecule has 2 atom stereocenters. The summed E-state index contributed by atoms with van der Waals surface area (Å²) < 4.78 is 3.91. The highest BCUT2D eigenvalue weighted by Crippen LogP contribution is 2.31. The van der Waals surface area contributed by atoms with Gasteiger partial charge in [-0.2, -0.15) is 0 Å². The van der Waals surface area contributed by atoms with Gasteiger partial charge in [0.2, 0.25) is 0 Å². The number of aromatic nitrogens is 3. The highest BCUT2D eigenvalue weighted by atomic mass is 31.1. The Labute approximate surface area is 94.9 Å². The molecule has 6 heteroatoms. The van der Waals surface area contributed by atoms with Crippen molar-refractivity contribution in [2.75, 3.05) is 6.54 Å². The van der Waals surface area contributed by atoms with Crippen LogP contribution in [-0.4, -0.2) is 37.3 Å². The topological polar surface area (TPSA) is 54.2 Å². The van der Waals surface area contributed by atoms with Gasteiger partial charge in [-0.1, -0.05) is 17.3 Å². The molecule has 1 aliphatic rings. The van der Waals surface area contributed by atoms with Crippen molar-refractivity contribution in [1.82, 2.24) is 19.4 Å². The third-order valence-electron chi connectivity index (χ3n) is 2.80. The molecule has 0 aliphatic carbocycles. The van der Waals surface area contributed by atoms with Gasteiger partial charge in [0.25, 0.3) is 0 Å². The van der Waals surface area contributed by atoms with Crippen molar-refractivity contribution in [3.05, 3.63) is 24.3 Å². The summed E-state index contributed by atoms with van der Waals surface area (Å²) in [4.78, 5) is 0. The van der Waals surface area contributed by atoms with Gasteiger partial charge >= 0.3 is 0 Å². The smallest absolute Gasteiger partial charge is 0.113 e. The summed E-state index contributed by atoms with van der Waals surface area (Å²) in [6.45, 7) is 0.938. The fraction of sp³-hybridized carbons (Fsp3) is 0.400. The molecule has 0 saturated carbocycles. The van der Waals surface area contributed by atoms with Crippen molar-refractivity contribution in [2.24, 2.45) is 0 Å². The summed E-state index contributed by atoms with van der Waals surface area (Å²) in [5.41, 5.74) is 1.93. The van der Waals surface area contributed by atoms with Crippen LogP contribution in [0.25, 0.3) is 11.0 Å². The van der Waals surface area contributed by atoms with Gasteiger partial charge in [0, 0.05) is 6.54 Å². The van der Waals surface area contributed by atoms with Crippen LogP contribution in [0.1, 0.15) is 12.8 Å². The molecule has 0 spiro atoms. The molecule has 16 heavy (non-hydrogen) atoms. The number of aliphatic hydroxyl groups excluding tert-OH is 1. The summed E-state index contributed by atoms with van der Waals surface area (Å²) >= 11 is 0. The van der Waals surface area contributed by atoms with Crippen molar-refractivity contribution in [3.8, 4) is 0 Å². The maximum absolute atomic E-state index is 9.73. The molecule has 0 amide bonds. The van der Waals surface area contributed by atoms with E-state index in [-0.39, 0.29) is 6.23 Å². The zero-order chi connectivity index (χ0) is 11.0. The zero-order valence-corrected chi connectivity index (χ0v) is 9.74. The maximum Gasteiger partial charge on any atom is 0.113 e. The SMILES string of the molecule is OC1CCCN1Pn1nnc2ccccc21. The lowest BCUT2D eigenvalue weighted by Gasteiger charge is -2.18. The van der Waals surface area contributed by atoms with Crippen LogP contribution in [0.3, 0.4) is 0 Å². The van der Waals surface area contributed by atoms with E-state index < -0.39 is 0 Å². The van der Waals surface area contributed by atoms with Crippen molar-refractivity contribution in [1.29, 1.82) is 0 Å². The van der Waals surface area contributed by atoms with Gasteiger partial charge in [-0.05, 0) is 25.0 Å². The largest absolute Gasteiger partial charge is 0.378 e. The van der Waals surface area contributed by atoms with E-state index in [1.807, 2.05) is 33.4 Å². The zero-order valence-electron chi connectivity index (χ0n) is 8.74. The molecule has 3 rings (SSSR count). The van der Waals surface area contributed by atoms with E-state index in [2.05, 4.69) is 10.3 Å². The highest BCUT2D eigenvalue weighted by molar-refractivity contribution is 7.33. The predicted molar refractivity (Wildman–Crippen MR) is 63.2 cm³/mol. The van der Waals surface area contributed by atoms with Crippen molar-refractivity contribution < 1.29 is 5.11 Å². The molecule has 5 nitrogen and oxygen atoms in total. The van der Waals surface area contributed by atoms with Crippen molar-refractivity contribution in [2.45, 2.75) is 19.1 Å². The van der Waals surface area contributed by atoms with E-state index in [0.717, 1.165) is 30.4 Å². The van der Waals surface area contributed by atoms with Gasteiger partial charge in [-0.15, -0.1) is 5.10 Å². The summed E-state index contributed by atoms with van der Waals surface area (Å²) in [6, 6.07) is 7.89. The van der Waals surface area contributed by atoms with E-state index in [4.69, 9.17) is 0 Å². The van der Waals surface area contributed by atoms with E-state index in [1.54, 1.807) is 0 Å². The Hall–Kier alpha value is -1.03. The molecular weight excluding hydrogens is 223 g/mol. The minimum atomic E-state index is -0.318. The third-order valence-corrected chi connectivity index (χ3v) is 4.09. The molecule has 0 radical (unpaired) electrons. The summed E-state index contributed by atoms with van der Waals surface area (Å²) in [6.07, 6.45) is 1.60. The molecular formula is C10H13N4OP. The summed E-state index contributed by atoms with van der Waals surface area (Å²) in [5.74, 6) is 0. The van der Waals surface area contributed by atoms with Crippen LogP contribution in [0.5, 0.6) is 0 Å². The number of aliphatic hydroxyl groups is 1. The van der Waals surface area contributed by atoms with Gasteiger partial charge in [0.1, 0.15) is 11.7 Å².